The van der Waals surface area contributed by atoms with Crippen molar-refractivity contribution in [3.8, 4) is 6.07 Å². The Morgan fingerprint density at radius 3 is 2.82 bits per heavy atom. The summed E-state index contributed by atoms with van der Waals surface area (Å²) in [7, 11) is -3.10. The highest BCUT2D eigenvalue weighted by molar-refractivity contribution is 7.91. The third kappa shape index (κ3) is 4.42. The molecule has 1 aromatic rings. The van der Waals surface area contributed by atoms with Crippen LogP contribution in [0.5, 0.6) is 0 Å². The Labute approximate surface area is 162 Å². The van der Waals surface area contributed by atoms with Gasteiger partial charge in [-0.2, -0.15) is 5.26 Å². The number of carbonyl (C=O) groups is 2. The molecule has 1 aromatic carbocycles. The smallest absolute Gasteiger partial charge is 0.225 e. The minimum absolute atomic E-state index is 0.0359. The summed E-state index contributed by atoms with van der Waals surface area (Å²) in [5, 5.41) is 14.6. The van der Waals surface area contributed by atoms with Crippen molar-refractivity contribution in [2.24, 2.45) is 5.92 Å². The molecule has 2 amide bonds. The molecule has 0 radical (unpaired) electrons. The molecule has 8 nitrogen and oxygen atoms in total. The van der Waals surface area contributed by atoms with E-state index in [2.05, 4.69) is 10.6 Å². The average Bonchev–Trinajstić information content (AvgIpc) is 3.20. The van der Waals surface area contributed by atoms with Gasteiger partial charge in [-0.05, 0) is 18.6 Å². The van der Waals surface area contributed by atoms with Crippen molar-refractivity contribution in [2.75, 3.05) is 36.5 Å². The number of carbonyl (C=O) groups excluding carboxylic acids is 2. The van der Waals surface area contributed by atoms with E-state index in [-0.39, 0.29) is 61.0 Å². The lowest BCUT2D eigenvalue weighted by molar-refractivity contribution is -0.130. The summed E-state index contributed by atoms with van der Waals surface area (Å²) in [4.78, 5) is 26.0. The lowest BCUT2D eigenvalue weighted by atomic mass is 10.1. The van der Waals surface area contributed by atoms with Gasteiger partial charge < -0.3 is 15.5 Å². The molecule has 0 spiro atoms. The van der Waals surface area contributed by atoms with Gasteiger partial charge in [-0.25, -0.2) is 12.8 Å². The van der Waals surface area contributed by atoms with Gasteiger partial charge in [0.15, 0.2) is 9.84 Å². The maximum Gasteiger partial charge on any atom is 0.225 e. The molecule has 2 N–H and O–H groups in total. The summed E-state index contributed by atoms with van der Waals surface area (Å²) < 4.78 is 36.8. The van der Waals surface area contributed by atoms with E-state index in [0.29, 0.717) is 12.1 Å². The molecule has 2 atom stereocenters. The van der Waals surface area contributed by atoms with E-state index in [0.717, 1.165) is 0 Å². The predicted octanol–water partition coefficient (Wildman–Crippen LogP) is 0.261. The summed E-state index contributed by atoms with van der Waals surface area (Å²) in [6, 6.07) is 5.71. The molecule has 150 valence electrons. The monoisotopic (exact) mass is 408 g/mol. The normalized spacial score (nSPS) is 23.4. The summed E-state index contributed by atoms with van der Waals surface area (Å²) in [5.41, 5.74) is 0.263. The second-order valence-electron chi connectivity index (χ2n) is 7.00. The highest BCUT2D eigenvalue weighted by Gasteiger charge is 2.41. The first-order chi connectivity index (χ1) is 13.3. The largest absolute Gasteiger partial charge is 0.382 e. The van der Waals surface area contributed by atoms with Crippen LogP contribution in [0.25, 0.3) is 0 Å². The van der Waals surface area contributed by atoms with Crippen molar-refractivity contribution in [3.63, 3.8) is 0 Å². The number of sulfone groups is 1. The highest BCUT2D eigenvalue weighted by Crippen LogP contribution is 2.26. The number of nitrogens with zero attached hydrogens (tertiary/aromatic N) is 2. The average molecular weight is 408 g/mol. The Balaban J connectivity index is 1.47. The first kappa shape index (κ1) is 20.1. The first-order valence-electron chi connectivity index (χ1n) is 9.01. The molecule has 2 aliphatic rings. The molecular weight excluding hydrogens is 387 g/mol. The quantitative estimate of drug-likeness (QED) is 0.652. The zero-order chi connectivity index (χ0) is 20.3. The molecule has 0 aromatic heterocycles. The summed E-state index contributed by atoms with van der Waals surface area (Å²) in [6.45, 7) is 0.749. The second-order valence-corrected chi connectivity index (χ2v) is 9.22. The number of anilines is 1. The Morgan fingerprint density at radius 1 is 1.36 bits per heavy atom. The number of amides is 2. The van der Waals surface area contributed by atoms with E-state index in [4.69, 9.17) is 5.26 Å². The van der Waals surface area contributed by atoms with Crippen molar-refractivity contribution in [1.29, 1.82) is 5.26 Å². The summed E-state index contributed by atoms with van der Waals surface area (Å²) in [5.74, 6) is -1.56. The first-order valence-corrected chi connectivity index (χ1v) is 10.8. The van der Waals surface area contributed by atoms with Crippen molar-refractivity contribution in [1.82, 2.24) is 10.2 Å². The van der Waals surface area contributed by atoms with Gasteiger partial charge in [0, 0.05) is 32.1 Å². The number of hydrogen-bond acceptors (Lipinski definition) is 6. The van der Waals surface area contributed by atoms with Crippen LogP contribution >= 0.6 is 0 Å². The predicted molar refractivity (Wildman–Crippen MR) is 99.5 cm³/mol. The van der Waals surface area contributed by atoms with Crippen molar-refractivity contribution < 1.29 is 22.4 Å². The molecule has 3 rings (SSSR count). The minimum Gasteiger partial charge on any atom is -0.382 e. The van der Waals surface area contributed by atoms with Crippen LogP contribution in [0, 0.1) is 23.1 Å². The third-order valence-electron chi connectivity index (χ3n) is 5.04. The summed E-state index contributed by atoms with van der Waals surface area (Å²) >= 11 is 0. The van der Waals surface area contributed by atoms with Gasteiger partial charge in [0.2, 0.25) is 11.8 Å². The molecule has 10 heteroatoms. The Bertz CT molecular complexity index is 928. The fourth-order valence-electron chi connectivity index (χ4n) is 3.59. The summed E-state index contributed by atoms with van der Waals surface area (Å²) in [6.07, 6.45) is 0.486. The van der Waals surface area contributed by atoms with Crippen LogP contribution in [-0.4, -0.2) is 62.3 Å². The molecule has 0 bridgehead atoms. The van der Waals surface area contributed by atoms with E-state index in [1.807, 2.05) is 0 Å². The lowest BCUT2D eigenvalue weighted by Gasteiger charge is -2.22. The van der Waals surface area contributed by atoms with Gasteiger partial charge in [-0.3, -0.25) is 9.59 Å². The zero-order valence-electron chi connectivity index (χ0n) is 15.2. The van der Waals surface area contributed by atoms with Crippen LogP contribution in [0.15, 0.2) is 18.2 Å². The molecule has 0 unspecified atom stereocenters. The van der Waals surface area contributed by atoms with Crippen LogP contribution in [-0.2, 0) is 19.4 Å². The maximum absolute atomic E-state index is 13.5. The molecule has 0 saturated carbocycles. The van der Waals surface area contributed by atoms with Gasteiger partial charge in [-0.1, -0.05) is 6.07 Å². The van der Waals surface area contributed by atoms with Crippen LogP contribution in [0.1, 0.15) is 18.4 Å². The van der Waals surface area contributed by atoms with Gasteiger partial charge in [0.05, 0.1) is 23.1 Å². The Hall–Kier alpha value is -2.67. The molecular formula is C18H21FN4O4S. The molecule has 2 fully saturated rings. The van der Waals surface area contributed by atoms with E-state index < -0.39 is 21.6 Å². The molecule has 2 heterocycles. The number of nitrogens with one attached hydrogen (secondary N) is 2. The highest BCUT2D eigenvalue weighted by atomic mass is 32.2. The zero-order valence-corrected chi connectivity index (χ0v) is 16.0. The van der Waals surface area contributed by atoms with E-state index in [1.165, 1.54) is 17.0 Å². The lowest BCUT2D eigenvalue weighted by Crippen LogP contribution is -2.39. The molecule has 2 saturated heterocycles. The van der Waals surface area contributed by atoms with Gasteiger partial charge in [0.1, 0.15) is 17.4 Å². The number of halogens is 1. The van der Waals surface area contributed by atoms with Gasteiger partial charge >= 0.3 is 0 Å². The Morgan fingerprint density at radius 2 is 2.14 bits per heavy atom. The van der Waals surface area contributed by atoms with E-state index >= 15 is 0 Å². The van der Waals surface area contributed by atoms with Gasteiger partial charge in [0.25, 0.3) is 0 Å². The van der Waals surface area contributed by atoms with Crippen molar-refractivity contribution >= 4 is 27.3 Å². The second kappa shape index (κ2) is 8.14. The van der Waals surface area contributed by atoms with Crippen molar-refractivity contribution in [3.05, 3.63) is 29.6 Å². The van der Waals surface area contributed by atoms with Crippen LogP contribution < -0.4 is 10.6 Å². The number of likely N-dealkylation sites (tertiary alicyclic amines) is 1. The van der Waals surface area contributed by atoms with Crippen LogP contribution in [0.3, 0.4) is 0 Å². The number of hydrogen-bond donors (Lipinski definition) is 2. The number of benzene rings is 1. The maximum atomic E-state index is 13.5. The van der Waals surface area contributed by atoms with Crippen molar-refractivity contribution in [2.45, 2.75) is 18.9 Å². The fraction of sp³-hybridized carbons (Fsp3) is 0.500. The number of nitriles is 1. The molecule has 0 aliphatic carbocycles. The molecule has 28 heavy (non-hydrogen) atoms. The van der Waals surface area contributed by atoms with E-state index in [9.17, 15) is 22.4 Å². The minimum atomic E-state index is -3.10. The molecule has 2 aliphatic heterocycles. The third-order valence-corrected chi connectivity index (χ3v) is 6.79. The van der Waals surface area contributed by atoms with Gasteiger partial charge in [-0.15, -0.1) is 0 Å². The standard InChI is InChI=1S/C18H21FN4O4S/c19-15-2-1-3-16(14(15)9-20)21-5-6-22-18(25)12-8-17(24)23(10-12)13-4-7-28(26,27)11-13/h1-3,12-13,21H,4-8,10-11H2,(H,22,25)/t12-,13-/m0/s1. The number of rotatable bonds is 6. The van der Waals surface area contributed by atoms with E-state index in [1.54, 1.807) is 12.1 Å². The topological polar surface area (TPSA) is 119 Å². The van der Waals surface area contributed by atoms with Crippen LogP contribution in [0.2, 0.25) is 0 Å². The van der Waals surface area contributed by atoms with Crippen LogP contribution in [0.4, 0.5) is 10.1 Å². The fourth-order valence-corrected chi connectivity index (χ4v) is 5.32. The SMILES string of the molecule is N#Cc1c(F)cccc1NCCNC(=O)[C@H]1CC(=O)N([C@H]2CCS(=O)(=O)C2)C1. The Kier molecular flexibility index (Phi) is 5.84.